The van der Waals surface area contributed by atoms with E-state index in [2.05, 4.69) is 43.2 Å². The molecular weight excluding hydrogens is 374 g/mol. The van der Waals surface area contributed by atoms with Gasteiger partial charge in [-0.15, -0.1) is 0 Å². The summed E-state index contributed by atoms with van der Waals surface area (Å²) in [7, 11) is 3.31. The number of carbonyl (C=O) groups is 2. The van der Waals surface area contributed by atoms with Crippen LogP contribution >= 0.6 is 11.6 Å². The first-order valence-corrected chi connectivity index (χ1v) is 9.40. The molecule has 2 N–H and O–H groups in total. The molecule has 0 spiro atoms. The minimum Gasteiger partial charge on any atom is -0.351 e. The van der Waals surface area contributed by atoms with Crippen LogP contribution in [-0.4, -0.2) is 35.8 Å². The van der Waals surface area contributed by atoms with Crippen LogP contribution in [0.3, 0.4) is 0 Å². The zero-order chi connectivity index (χ0) is 20.6. The number of hydrogen-bond acceptors (Lipinski definition) is 2. The Morgan fingerprint density at radius 2 is 1.75 bits per heavy atom. The smallest absolute Gasteiger partial charge is 0.272 e. The molecule has 1 heterocycles. The molecule has 0 atom stereocenters. The van der Waals surface area contributed by atoms with Gasteiger partial charge in [-0.05, 0) is 41.3 Å². The van der Waals surface area contributed by atoms with E-state index in [4.69, 9.17) is 11.6 Å². The molecule has 0 unspecified atom stereocenters. The van der Waals surface area contributed by atoms with Crippen molar-refractivity contribution < 1.29 is 9.59 Å². The Balaban J connectivity index is 1.87. The van der Waals surface area contributed by atoms with Crippen molar-refractivity contribution in [3.63, 3.8) is 0 Å². The van der Waals surface area contributed by atoms with Gasteiger partial charge < -0.3 is 15.2 Å². The lowest BCUT2D eigenvalue weighted by Gasteiger charge is -2.18. The van der Waals surface area contributed by atoms with E-state index in [0.29, 0.717) is 22.0 Å². The van der Waals surface area contributed by atoms with Crippen molar-refractivity contribution >= 4 is 40.0 Å². The van der Waals surface area contributed by atoms with E-state index in [-0.39, 0.29) is 17.2 Å². The fourth-order valence-corrected chi connectivity index (χ4v) is 3.12. The molecule has 6 heteroatoms. The van der Waals surface area contributed by atoms with Crippen LogP contribution in [0.5, 0.6) is 0 Å². The lowest BCUT2D eigenvalue weighted by molar-refractivity contribution is 0.0827. The number of rotatable bonds is 3. The molecule has 0 aliphatic carbocycles. The van der Waals surface area contributed by atoms with Crippen LogP contribution in [0.15, 0.2) is 42.5 Å². The van der Waals surface area contributed by atoms with Crippen LogP contribution in [0.1, 0.15) is 47.2 Å². The first kappa shape index (κ1) is 20.0. The molecule has 2 amide bonds. The molecule has 0 bridgehead atoms. The molecule has 5 nitrogen and oxygen atoms in total. The molecule has 146 valence electrons. The van der Waals surface area contributed by atoms with Gasteiger partial charge in [0.05, 0.1) is 10.6 Å². The van der Waals surface area contributed by atoms with Crippen LogP contribution < -0.4 is 5.32 Å². The van der Waals surface area contributed by atoms with Gasteiger partial charge in [-0.1, -0.05) is 44.5 Å². The highest BCUT2D eigenvalue weighted by Crippen LogP contribution is 2.27. The number of aromatic amines is 1. The minimum absolute atomic E-state index is 0.0282. The van der Waals surface area contributed by atoms with Crippen molar-refractivity contribution in [1.29, 1.82) is 0 Å². The molecule has 0 aliphatic rings. The van der Waals surface area contributed by atoms with Gasteiger partial charge in [-0.2, -0.15) is 0 Å². The van der Waals surface area contributed by atoms with Crippen LogP contribution in [0.4, 0.5) is 5.69 Å². The number of benzene rings is 2. The summed E-state index contributed by atoms with van der Waals surface area (Å²) in [6.07, 6.45) is 0. The summed E-state index contributed by atoms with van der Waals surface area (Å²) in [6.45, 7) is 6.45. The number of nitrogens with one attached hydrogen (secondary N) is 2. The zero-order valence-electron chi connectivity index (χ0n) is 16.7. The van der Waals surface area contributed by atoms with Crippen LogP contribution in [0, 0.1) is 0 Å². The van der Waals surface area contributed by atoms with Crippen molar-refractivity contribution in [1.82, 2.24) is 9.88 Å². The van der Waals surface area contributed by atoms with E-state index >= 15 is 0 Å². The lowest BCUT2D eigenvalue weighted by atomic mass is 9.87. The molecule has 3 aromatic rings. The molecule has 3 rings (SSSR count). The van der Waals surface area contributed by atoms with E-state index in [1.807, 2.05) is 12.1 Å². The number of anilines is 1. The molecule has 0 saturated heterocycles. The van der Waals surface area contributed by atoms with Gasteiger partial charge in [0.25, 0.3) is 11.8 Å². The Morgan fingerprint density at radius 1 is 1.04 bits per heavy atom. The normalized spacial score (nSPS) is 11.5. The number of aromatic nitrogens is 1. The fourth-order valence-electron chi connectivity index (χ4n) is 2.92. The van der Waals surface area contributed by atoms with Crippen LogP contribution in [0.25, 0.3) is 10.9 Å². The van der Waals surface area contributed by atoms with Gasteiger partial charge in [-0.25, -0.2) is 0 Å². The third-order valence-corrected chi connectivity index (χ3v) is 4.92. The van der Waals surface area contributed by atoms with Gasteiger partial charge in [0.1, 0.15) is 5.69 Å². The second-order valence-electron chi connectivity index (χ2n) is 8.08. The topological polar surface area (TPSA) is 65.2 Å². The van der Waals surface area contributed by atoms with E-state index in [1.54, 1.807) is 32.3 Å². The van der Waals surface area contributed by atoms with E-state index in [1.165, 1.54) is 10.5 Å². The predicted octanol–water partition coefficient (Wildman–Crippen LogP) is 5.07. The van der Waals surface area contributed by atoms with E-state index in [0.717, 1.165) is 10.9 Å². The number of nitrogens with zero attached hydrogens (tertiary/aromatic N) is 1. The van der Waals surface area contributed by atoms with Gasteiger partial charge in [0.2, 0.25) is 0 Å². The maximum Gasteiger partial charge on any atom is 0.272 e. The number of hydrogen-bond donors (Lipinski definition) is 2. The van der Waals surface area contributed by atoms with E-state index in [9.17, 15) is 9.59 Å². The van der Waals surface area contributed by atoms with Crippen molar-refractivity contribution in [2.24, 2.45) is 0 Å². The summed E-state index contributed by atoms with van der Waals surface area (Å²) in [4.78, 5) is 29.5. The van der Waals surface area contributed by atoms with Crippen molar-refractivity contribution in [3.8, 4) is 0 Å². The SMILES string of the molecule is CN(C)C(=O)c1cc(NC(=O)c2cc3ccc(C(C)(C)C)cc3[nH]2)ccc1Cl. The quantitative estimate of drug-likeness (QED) is 0.647. The minimum atomic E-state index is -0.279. The van der Waals surface area contributed by atoms with Crippen molar-refractivity contribution in [3.05, 3.63) is 64.3 Å². The van der Waals surface area contributed by atoms with Crippen LogP contribution in [0.2, 0.25) is 5.02 Å². The third kappa shape index (κ3) is 4.04. The van der Waals surface area contributed by atoms with Gasteiger partial charge in [0, 0.05) is 30.7 Å². The maximum absolute atomic E-state index is 12.7. The third-order valence-electron chi connectivity index (χ3n) is 4.59. The first-order valence-electron chi connectivity index (χ1n) is 9.02. The molecule has 0 aliphatic heterocycles. The lowest BCUT2D eigenvalue weighted by Crippen LogP contribution is -2.22. The monoisotopic (exact) mass is 397 g/mol. The molecule has 2 aromatic carbocycles. The zero-order valence-corrected chi connectivity index (χ0v) is 17.4. The Hall–Kier alpha value is -2.79. The first-order chi connectivity index (χ1) is 13.1. The highest BCUT2D eigenvalue weighted by atomic mass is 35.5. The fraction of sp³-hybridized carbons (Fsp3) is 0.273. The maximum atomic E-state index is 12.7. The average Bonchev–Trinajstić information content (AvgIpc) is 3.05. The Bertz CT molecular complexity index is 1060. The molecule has 0 radical (unpaired) electrons. The molecule has 0 saturated carbocycles. The van der Waals surface area contributed by atoms with Crippen molar-refractivity contribution in [2.45, 2.75) is 26.2 Å². The summed E-state index contributed by atoms with van der Waals surface area (Å²) in [5.41, 5.74) is 3.44. The predicted molar refractivity (Wildman–Crippen MR) is 114 cm³/mol. The molecule has 0 fully saturated rings. The second kappa shape index (κ2) is 7.32. The Morgan fingerprint density at radius 3 is 2.39 bits per heavy atom. The highest BCUT2D eigenvalue weighted by molar-refractivity contribution is 6.34. The molecule has 28 heavy (non-hydrogen) atoms. The number of amides is 2. The Labute approximate surface area is 169 Å². The Kier molecular flexibility index (Phi) is 5.22. The second-order valence-corrected chi connectivity index (χ2v) is 8.49. The summed E-state index contributed by atoms with van der Waals surface area (Å²) in [6, 6.07) is 12.8. The molecular formula is C22H24ClN3O2. The van der Waals surface area contributed by atoms with Gasteiger partial charge in [0.15, 0.2) is 0 Å². The number of carbonyl (C=O) groups excluding carboxylic acids is 2. The summed E-state index contributed by atoms with van der Waals surface area (Å²) >= 11 is 6.13. The van der Waals surface area contributed by atoms with Crippen molar-refractivity contribution in [2.75, 3.05) is 19.4 Å². The number of halogens is 1. The largest absolute Gasteiger partial charge is 0.351 e. The summed E-state index contributed by atoms with van der Waals surface area (Å²) < 4.78 is 0. The average molecular weight is 398 g/mol. The van der Waals surface area contributed by atoms with Gasteiger partial charge >= 0.3 is 0 Å². The summed E-state index contributed by atoms with van der Waals surface area (Å²) in [5.74, 6) is -0.500. The van der Waals surface area contributed by atoms with E-state index < -0.39 is 0 Å². The number of fused-ring (bicyclic) bond motifs is 1. The van der Waals surface area contributed by atoms with Crippen LogP contribution in [-0.2, 0) is 5.41 Å². The highest BCUT2D eigenvalue weighted by Gasteiger charge is 2.17. The number of H-pyrrole nitrogens is 1. The van der Waals surface area contributed by atoms with Gasteiger partial charge in [-0.3, -0.25) is 9.59 Å². The molecule has 1 aromatic heterocycles. The standard InChI is InChI=1S/C22H24ClN3O2/c1-22(2,3)14-7-6-13-10-19(25-18(13)11-14)20(27)24-15-8-9-17(23)16(12-15)21(28)26(4)5/h6-12,25H,1-5H3,(H,24,27). The summed E-state index contributed by atoms with van der Waals surface area (Å²) in [5, 5.41) is 4.14.